The number of thiazole rings is 1. The molecule has 0 saturated heterocycles. The van der Waals surface area contributed by atoms with E-state index < -0.39 is 0 Å². The van der Waals surface area contributed by atoms with Crippen LogP contribution in [-0.2, 0) is 11.2 Å². The third kappa shape index (κ3) is 3.00. The van der Waals surface area contributed by atoms with Crippen LogP contribution < -0.4 is 10.1 Å². The fraction of sp³-hybridized carbons (Fsp3) is 0.158. The minimum absolute atomic E-state index is 0.0740. The third-order valence-corrected chi connectivity index (χ3v) is 5.10. The number of nitrogens with zero attached hydrogens (tertiary/aromatic N) is 1. The van der Waals surface area contributed by atoms with Crippen LogP contribution >= 0.6 is 11.3 Å². The van der Waals surface area contributed by atoms with Gasteiger partial charge in [0, 0.05) is 28.6 Å². The first-order valence-electron chi connectivity index (χ1n) is 7.86. The molecule has 2 heterocycles. The van der Waals surface area contributed by atoms with Crippen molar-refractivity contribution in [3.05, 3.63) is 53.2 Å². The van der Waals surface area contributed by atoms with E-state index in [2.05, 4.69) is 10.3 Å². The van der Waals surface area contributed by atoms with Crippen LogP contribution in [0.15, 0.2) is 41.8 Å². The topological polar surface area (TPSA) is 51.2 Å². The predicted octanol–water partition coefficient (Wildman–Crippen LogP) is 4.51. The molecule has 0 radical (unpaired) electrons. The third-order valence-electron chi connectivity index (χ3n) is 4.21. The monoisotopic (exact) mass is 354 g/mol. The zero-order valence-electron chi connectivity index (χ0n) is 13.5. The zero-order valence-corrected chi connectivity index (χ0v) is 14.3. The number of amides is 1. The van der Waals surface area contributed by atoms with Crippen molar-refractivity contribution in [1.29, 1.82) is 0 Å². The largest absolute Gasteiger partial charge is 0.497 e. The number of ether oxygens (including phenoxy) is 1. The molecule has 4 rings (SSSR count). The lowest BCUT2D eigenvalue weighted by Crippen LogP contribution is -2.19. The number of fused-ring (bicyclic) bond motifs is 1. The maximum absolute atomic E-state index is 14.5. The molecule has 0 fully saturated rings. The number of anilines is 1. The highest BCUT2D eigenvalue weighted by Crippen LogP contribution is 2.34. The molecular formula is C19H15FN2O2S. The molecular weight excluding hydrogens is 339 g/mol. The second kappa shape index (κ2) is 6.29. The second-order valence-electron chi connectivity index (χ2n) is 5.80. The number of nitrogens with one attached hydrogen (secondary N) is 1. The number of hydrogen-bond acceptors (Lipinski definition) is 4. The van der Waals surface area contributed by atoms with Crippen molar-refractivity contribution in [2.24, 2.45) is 0 Å². The number of hydrogen-bond donors (Lipinski definition) is 1. The van der Waals surface area contributed by atoms with Crippen LogP contribution in [0.4, 0.5) is 10.1 Å². The lowest BCUT2D eigenvalue weighted by molar-refractivity contribution is -0.116. The van der Waals surface area contributed by atoms with E-state index in [0.29, 0.717) is 29.8 Å². The molecule has 1 N–H and O–H groups in total. The Hall–Kier alpha value is -2.73. The van der Waals surface area contributed by atoms with E-state index in [4.69, 9.17) is 4.74 Å². The number of aryl methyl sites for hydroxylation is 1. The molecule has 0 unspecified atom stereocenters. The predicted molar refractivity (Wildman–Crippen MR) is 96.4 cm³/mol. The summed E-state index contributed by atoms with van der Waals surface area (Å²) >= 11 is 1.47. The molecule has 0 spiro atoms. The highest BCUT2D eigenvalue weighted by Gasteiger charge is 2.19. The van der Waals surface area contributed by atoms with Gasteiger partial charge in [0.2, 0.25) is 5.91 Å². The van der Waals surface area contributed by atoms with Crippen molar-refractivity contribution in [2.45, 2.75) is 12.8 Å². The second-order valence-corrected chi connectivity index (χ2v) is 6.66. The molecule has 0 atom stereocenters. The molecule has 25 heavy (non-hydrogen) atoms. The smallest absolute Gasteiger partial charge is 0.224 e. The first-order valence-corrected chi connectivity index (χ1v) is 8.74. The molecule has 126 valence electrons. The SMILES string of the molecule is COc1ccc(-c2nc(-c3cc4c(cc3F)NC(=O)CC4)cs2)cc1. The standard InChI is InChI=1S/C19H15FN2O2S/c1-24-13-5-2-11(3-6-13)19-22-17(10-25-19)14-8-12-4-7-18(23)21-16(12)9-15(14)20/h2-3,5-6,8-10H,4,7H2,1H3,(H,21,23). The molecule has 0 saturated carbocycles. The summed E-state index contributed by atoms with van der Waals surface area (Å²) in [6, 6.07) is 10.8. The van der Waals surface area contributed by atoms with E-state index in [1.807, 2.05) is 29.6 Å². The lowest BCUT2D eigenvalue weighted by Gasteiger charge is -2.17. The Morgan fingerprint density at radius 1 is 1.20 bits per heavy atom. The minimum atomic E-state index is -0.382. The molecule has 0 bridgehead atoms. The van der Waals surface area contributed by atoms with Crippen molar-refractivity contribution in [2.75, 3.05) is 12.4 Å². The molecule has 6 heteroatoms. The molecule has 1 amide bonds. The Kier molecular flexibility index (Phi) is 3.97. The van der Waals surface area contributed by atoms with Crippen LogP contribution in [0.25, 0.3) is 21.8 Å². The Morgan fingerprint density at radius 2 is 2.00 bits per heavy atom. The Labute approximate surface area is 148 Å². The van der Waals surface area contributed by atoms with Gasteiger partial charge >= 0.3 is 0 Å². The average Bonchev–Trinajstić information content (AvgIpc) is 3.11. The van der Waals surface area contributed by atoms with Gasteiger partial charge in [0.25, 0.3) is 0 Å². The Bertz CT molecular complexity index is 951. The van der Waals surface area contributed by atoms with E-state index in [1.165, 1.54) is 17.4 Å². The van der Waals surface area contributed by atoms with Gasteiger partial charge in [-0.2, -0.15) is 0 Å². The first kappa shape index (κ1) is 15.8. The maximum atomic E-state index is 14.5. The van der Waals surface area contributed by atoms with Gasteiger partial charge in [-0.1, -0.05) is 0 Å². The van der Waals surface area contributed by atoms with Gasteiger partial charge in [0.05, 0.1) is 12.8 Å². The molecule has 1 aromatic heterocycles. The molecule has 1 aliphatic heterocycles. The van der Waals surface area contributed by atoms with E-state index in [-0.39, 0.29) is 11.7 Å². The van der Waals surface area contributed by atoms with Crippen molar-refractivity contribution in [3.63, 3.8) is 0 Å². The van der Waals surface area contributed by atoms with Gasteiger partial charge < -0.3 is 10.1 Å². The summed E-state index contributed by atoms with van der Waals surface area (Å²) in [5.74, 6) is 0.325. The van der Waals surface area contributed by atoms with Gasteiger partial charge in [-0.15, -0.1) is 11.3 Å². The van der Waals surface area contributed by atoms with Gasteiger partial charge in [-0.25, -0.2) is 9.37 Å². The van der Waals surface area contributed by atoms with E-state index in [9.17, 15) is 9.18 Å². The summed E-state index contributed by atoms with van der Waals surface area (Å²) < 4.78 is 19.7. The minimum Gasteiger partial charge on any atom is -0.497 e. The molecule has 2 aromatic carbocycles. The summed E-state index contributed by atoms with van der Waals surface area (Å²) in [5.41, 5.74) is 3.53. The normalized spacial score (nSPS) is 13.3. The number of rotatable bonds is 3. The Balaban J connectivity index is 1.69. The summed E-state index contributed by atoms with van der Waals surface area (Å²) in [6.07, 6.45) is 1.04. The summed E-state index contributed by atoms with van der Waals surface area (Å²) in [5, 5.41) is 5.39. The van der Waals surface area contributed by atoms with Crippen LogP contribution in [0.3, 0.4) is 0 Å². The number of carbonyl (C=O) groups is 1. The summed E-state index contributed by atoms with van der Waals surface area (Å²) in [6.45, 7) is 0. The highest BCUT2D eigenvalue weighted by molar-refractivity contribution is 7.13. The lowest BCUT2D eigenvalue weighted by atomic mass is 9.99. The van der Waals surface area contributed by atoms with E-state index in [0.717, 1.165) is 21.9 Å². The van der Waals surface area contributed by atoms with Crippen LogP contribution in [0.1, 0.15) is 12.0 Å². The van der Waals surface area contributed by atoms with Crippen LogP contribution in [-0.4, -0.2) is 18.0 Å². The van der Waals surface area contributed by atoms with Gasteiger partial charge in [-0.3, -0.25) is 4.79 Å². The van der Waals surface area contributed by atoms with Crippen molar-refractivity contribution in [3.8, 4) is 27.6 Å². The quantitative estimate of drug-likeness (QED) is 0.753. The molecule has 4 nitrogen and oxygen atoms in total. The number of aromatic nitrogens is 1. The first-order chi connectivity index (χ1) is 12.1. The zero-order chi connectivity index (χ0) is 17.4. The van der Waals surface area contributed by atoms with Crippen molar-refractivity contribution < 1.29 is 13.9 Å². The molecule has 1 aliphatic rings. The number of methoxy groups -OCH3 is 1. The average molecular weight is 354 g/mol. The van der Waals surface area contributed by atoms with E-state index in [1.54, 1.807) is 13.2 Å². The number of halogens is 1. The summed E-state index contributed by atoms with van der Waals surface area (Å²) in [7, 11) is 1.62. The highest BCUT2D eigenvalue weighted by atomic mass is 32.1. The Morgan fingerprint density at radius 3 is 2.76 bits per heavy atom. The molecule has 0 aliphatic carbocycles. The van der Waals surface area contributed by atoms with E-state index >= 15 is 0 Å². The summed E-state index contributed by atoms with van der Waals surface area (Å²) in [4.78, 5) is 16.0. The van der Waals surface area contributed by atoms with Crippen LogP contribution in [0, 0.1) is 5.82 Å². The fourth-order valence-corrected chi connectivity index (χ4v) is 3.69. The van der Waals surface area contributed by atoms with Gasteiger partial charge in [-0.05, 0) is 48.4 Å². The molecule has 3 aromatic rings. The van der Waals surface area contributed by atoms with Gasteiger partial charge in [0.1, 0.15) is 16.6 Å². The number of carbonyl (C=O) groups excluding carboxylic acids is 1. The number of benzene rings is 2. The van der Waals surface area contributed by atoms with Crippen molar-refractivity contribution in [1.82, 2.24) is 4.98 Å². The van der Waals surface area contributed by atoms with Crippen LogP contribution in [0.2, 0.25) is 0 Å². The maximum Gasteiger partial charge on any atom is 0.224 e. The van der Waals surface area contributed by atoms with Crippen LogP contribution in [0.5, 0.6) is 5.75 Å². The van der Waals surface area contributed by atoms with Crippen molar-refractivity contribution >= 4 is 22.9 Å². The van der Waals surface area contributed by atoms with Gasteiger partial charge in [0.15, 0.2) is 0 Å². The fourth-order valence-electron chi connectivity index (χ4n) is 2.86.